The molecular weight excluding hydrogens is 212 g/mol. The van der Waals surface area contributed by atoms with Crippen LogP contribution in [0.5, 0.6) is 0 Å². The zero-order valence-corrected chi connectivity index (χ0v) is 11.3. The van der Waals surface area contributed by atoms with Gasteiger partial charge in [-0.15, -0.1) is 17.9 Å². The summed E-state index contributed by atoms with van der Waals surface area (Å²) in [6.07, 6.45) is 9.81. The average molecular weight is 234 g/mol. The summed E-state index contributed by atoms with van der Waals surface area (Å²) < 4.78 is 0. The first kappa shape index (κ1) is 11.9. The van der Waals surface area contributed by atoms with Gasteiger partial charge in [-0.05, 0) is 55.6 Å². The Bertz CT molecular complexity index is 371. The second kappa shape index (κ2) is 5.18. The van der Waals surface area contributed by atoms with E-state index in [4.69, 9.17) is 0 Å². The van der Waals surface area contributed by atoms with E-state index in [1.165, 1.54) is 32.1 Å². The van der Waals surface area contributed by atoms with E-state index in [1.54, 1.807) is 20.9 Å². The number of aryl methyl sites for hydroxylation is 2. The van der Waals surface area contributed by atoms with Gasteiger partial charge in [0.05, 0.1) is 0 Å². The van der Waals surface area contributed by atoms with Gasteiger partial charge in [0, 0.05) is 9.75 Å². The van der Waals surface area contributed by atoms with Crippen LogP contribution in [0.2, 0.25) is 0 Å². The van der Waals surface area contributed by atoms with E-state index in [0.717, 1.165) is 6.42 Å². The summed E-state index contributed by atoms with van der Waals surface area (Å²) in [6, 6.07) is 0. The molecule has 0 nitrogen and oxygen atoms in total. The molecule has 1 aromatic rings. The van der Waals surface area contributed by atoms with Crippen LogP contribution < -0.4 is 0 Å². The van der Waals surface area contributed by atoms with Gasteiger partial charge in [0.1, 0.15) is 0 Å². The normalized spacial score (nSPS) is 15.2. The molecule has 2 rings (SSSR count). The number of hydrogen-bond acceptors (Lipinski definition) is 1. The van der Waals surface area contributed by atoms with Gasteiger partial charge in [-0.3, -0.25) is 0 Å². The molecule has 0 bridgehead atoms. The summed E-state index contributed by atoms with van der Waals surface area (Å²) in [5.74, 6) is 0.693. The molecule has 0 amide bonds. The summed E-state index contributed by atoms with van der Waals surface area (Å²) in [7, 11) is 0. The van der Waals surface area contributed by atoms with Gasteiger partial charge in [0.2, 0.25) is 0 Å². The van der Waals surface area contributed by atoms with Gasteiger partial charge in [-0.2, -0.15) is 0 Å². The fraction of sp³-hybridized carbons (Fsp3) is 0.600. The molecule has 88 valence electrons. The van der Waals surface area contributed by atoms with Crippen molar-refractivity contribution in [2.24, 2.45) is 0 Å². The minimum Gasteiger partial charge on any atom is -0.145 e. The van der Waals surface area contributed by atoms with Gasteiger partial charge in [-0.1, -0.05) is 19.9 Å². The van der Waals surface area contributed by atoms with E-state index < -0.39 is 0 Å². The first-order valence-electron chi connectivity index (χ1n) is 6.48. The van der Waals surface area contributed by atoms with Gasteiger partial charge < -0.3 is 0 Å². The van der Waals surface area contributed by atoms with Crippen molar-refractivity contribution in [1.82, 2.24) is 0 Å². The Kier molecular flexibility index (Phi) is 3.86. The highest BCUT2D eigenvalue weighted by Crippen LogP contribution is 2.38. The van der Waals surface area contributed by atoms with Gasteiger partial charge in [-0.25, -0.2) is 0 Å². The predicted octanol–water partition coefficient (Wildman–Crippen LogP) is 4.87. The Morgan fingerprint density at radius 3 is 2.75 bits per heavy atom. The molecule has 1 heterocycles. The maximum Gasteiger partial charge on any atom is 0.00887 e. The van der Waals surface area contributed by atoms with Crippen LogP contribution in [-0.4, -0.2) is 0 Å². The Hall–Kier alpha value is -0.560. The molecule has 1 heteroatoms. The average Bonchev–Trinajstić information content (AvgIpc) is 2.64. The summed E-state index contributed by atoms with van der Waals surface area (Å²) in [5, 5.41) is 0. The highest BCUT2D eigenvalue weighted by atomic mass is 32.1. The second-order valence-electron chi connectivity index (χ2n) is 5.03. The number of rotatable bonds is 4. The third kappa shape index (κ3) is 2.24. The van der Waals surface area contributed by atoms with E-state index in [0.29, 0.717) is 5.92 Å². The standard InChI is InChI=1S/C15H22S/c1-4-5-9-14-15(11(2)3)12-8-6-7-10-13(12)16-14/h4,11H,1,5-10H2,2-3H3. The highest BCUT2D eigenvalue weighted by Gasteiger charge is 2.21. The Morgan fingerprint density at radius 1 is 1.31 bits per heavy atom. The van der Waals surface area contributed by atoms with Crippen molar-refractivity contribution in [3.05, 3.63) is 33.5 Å². The lowest BCUT2D eigenvalue weighted by molar-refractivity contribution is 0.682. The lowest BCUT2D eigenvalue weighted by Crippen LogP contribution is -2.03. The highest BCUT2D eigenvalue weighted by molar-refractivity contribution is 7.12. The van der Waals surface area contributed by atoms with Crippen LogP contribution in [0.1, 0.15) is 59.9 Å². The van der Waals surface area contributed by atoms with Crippen LogP contribution >= 0.6 is 11.3 Å². The Morgan fingerprint density at radius 2 is 2.06 bits per heavy atom. The van der Waals surface area contributed by atoms with E-state index in [-0.39, 0.29) is 0 Å². The maximum atomic E-state index is 3.84. The van der Waals surface area contributed by atoms with Crippen molar-refractivity contribution in [1.29, 1.82) is 0 Å². The minimum atomic E-state index is 0.693. The number of fused-ring (bicyclic) bond motifs is 1. The molecule has 1 aliphatic rings. The topological polar surface area (TPSA) is 0 Å². The van der Waals surface area contributed by atoms with Crippen molar-refractivity contribution in [2.75, 3.05) is 0 Å². The van der Waals surface area contributed by atoms with Crippen molar-refractivity contribution in [2.45, 2.75) is 58.3 Å². The molecule has 0 saturated carbocycles. The van der Waals surface area contributed by atoms with Crippen LogP contribution in [0.4, 0.5) is 0 Å². The van der Waals surface area contributed by atoms with Crippen molar-refractivity contribution in [3.8, 4) is 0 Å². The molecule has 1 aromatic heterocycles. The summed E-state index contributed by atoms with van der Waals surface area (Å²) >= 11 is 2.08. The Labute approximate surface area is 103 Å². The van der Waals surface area contributed by atoms with Crippen LogP contribution in [0.25, 0.3) is 0 Å². The molecule has 1 aliphatic carbocycles. The van der Waals surface area contributed by atoms with Crippen molar-refractivity contribution >= 4 is 11.3 Å². The summed E-state index contributed by atoms with van der Waals surface area (Å²) in [6.45, 7) is 8.52. The summed E-state index contributed by atoms with van der Waals surface area (Å²) in [5.41, 5.74) is 3.40. The van der Waals surface area contributed by atoms with Crippen molar-refractivity contribution < 1.29 is 0 Å². The van der Waals surface area contributed by atoms with E-state index >= 15 is 0 Å². The van der Waals surface area contributed by atoms with Crippen molar-refractivity contribution in [3.63, 3.8) is 0 Å². The lowest BCUT2D eigenvalue weighted by atomic mass is 9.89. The SMILES string of the molecule is C=CCCc1sc2c(c1C(C)C)CCCC2. The largest absolute Gasteiger partial charge is 0.145 e. The fourth-order valence-corrected chi connectivity index (χ4v) is 4.30. The molecule has 0 fully saturated rings. The van der Waals surface area contributed by atoms with Crippen LogP contribution in [0, 0.1) is 0 Å². The van der Waals surface area contributed by atoms with Crippen LogP contribution in [0.3, 0.4) is 0 Å². The van der Waals surface area contributed by atoms with E-state index in [2.05, 4.69) is 31.8 Å². The smallest absolute Gasteiger partial charge is 0.00887 e. The number of allylic oxidation sites excluding steroid dienone is 1. The quantitative estimate of drug-likeness (QED) is 0.652. The van der Waals surface area contributed by atoms with E-state index in [1.807, 2.05) is 6.08 Å². The third-order valence-electron chi connectivity index (χ3n) is 3.44. The monoisotopic (exact) mass is 234 g/mol. The predicted molar refractivity (Wildman–Crippen MR) is 73.6 cm³/mol. The van der Waals surface area contributed by atoms with Crippen LogP contribution in [-0.2, 0) is 19.3 Å². The molecule has 0 aliphatic heterocycles. The lowest BCUT2D eigenvalue weighted by Gasteiger charge is -2.15. The second-order valence-corrected chi connectivity index (χ2v) is 6.22. The maximum absolute atomic E-state index is 3.84. The third-order valence-corrected chi connectivity index (χ3v) is 4.81. The summed E-state index contributed by atoms with van der Waals surface area (Å²) in [4.78, 5) is 3.33. The molecule has 0 atom stereocenters. The zero-order chi connectivity index (χ0) is 11.5. The zero-order valence-electron chi connectivity index (χ0n) is 10.5. The molecule has 0 spiro atoms. The first-order valence-corrected chi connectivity index (χ1v) is 7.30. The van der Waals surface area contributed by atoms with Gasteiger partial charge >= 0.3 is 0 Å². The molecule has 16 heavy (non-hydrogen) atoms. The van der Waals surface area contributed by atoms with Crippen LogP contribution in [0.15, 0.2) is 12.7 Å². The molecular formula is C15H22S. The molecule has 0 N–H and O–H groups in total. The first-order chi connectivity index (χ1) is 7.74. The molecule has 0 aromatic carbocycles. The number of hydrogen-bond donors (Lipinski definition) is 0. The van der Waals surface area contributed by atoms with Gasteiger partial charge in [0.15, 0.2) is 0 Å². The molecule has 0 radical (unpaired) electrons. The molecule has 0 saturated heterocycles. The number of thiophene rings is 1. The Balaban J connectivity index is 2.35. The minimum absolute atomic E-state index is 0.693. The van der Waals surface area contributed by atoms with Gasteiger partial charge in [0.25, 0.3) is 0 Å². The fourth-order valence-electron chi connectivity index (χ4n) is 2.74. The van der Waals surface area contributed by atoms with E-state index in [9.17, 15) is 0 Å². The molecule has 0 unspecified atom stereocenters.